The van der Waals surface area contributed by atoms with E-state index in [0.717, 1.165) is 11.3 Å². The first-order chi connectivity index (χ1) is 8.25. The third-order valence-corrected chi connectivity index (χ3v) is 2.19. The van der Waals surface area contributed by atoms with Crippen molar-refractivity contribution in [1.82, 2.24) is 20.3 Å². The number of nitrogens with zero attached hydrogens (tertiary/aromatic N) is 3. The van der Waals surface area contributed by atoms with Crippen LogP contribution in [0.5, 0.6) is 0 Å². The minimum absolute atomic E-state index is 0.174. The Morgan fingerprint density at radius 1 is 1.24 bits per heavy atom. The van der Waals surface area contributed by atoms with Crippen LogP contribution in [0.2, 0.25) is 0 Å². The monoisotopic (exact) mass is 228 g/mol. The first-order valence-electron chi connectivity index (χ1n) is 5.22. The molecule has 0 atom stereocenters. The van der Waals surface area contributed by atoms with Crippen molar-refractivity contribution in [3.05, 3.63) is 53.9 Å². The number of amides is 1. The lowest BCUT2D eigenvalue weighted by molar-refractivity contribution is 0.0940. The lowest BCUT2D eigenvalue weighted by atomic mass is 10.2. The number of aromatic nitrogens is 3. The van der Waals surface area contributed by atoms with Crippen LogP contribution >= 0.6 is 0 Å². The van der Waals surface area contributed by atoms with Crippen molar-refractivity contribution in [2.75, 3.05) is 0 Å². The average Bonchev–Trinajstić information content (AvgIpc) is 2.39. The summed E-state index contributed by atoms with van der Waals surface area (Å²) in [6.45, 7) is 2.34. The van der Waals surface area contributed by atoms with Crippen molar-refractivity contribution in [2.24, 2.45) is 0 Å². The average molecular weight is 228 g/mol. The first-order valence-corrected chi connectivity index (χ1v) is 5.22. The molecule has 5 nitrogen and oxygen atoms in total. The predicted molar refractivity (Wildman–Crippen MR) is 62.2 cm³/mol. The summed E-state index contributed by atoms with van der Waals surface area (Å²) >= 11 is 0. The molecule has 0 radical (unpaired) electrons. The maximum atomic E-state index is 11.6. The summed E-state index contributed by atoms with van der Waals surface area (Å²) in [5.41, 5.74) is 1.89. The van der Waals surface area contributed by atoms with Gasteiger partial charge in [-0.2, -0.15) is 0 Å². The van der Waals surface area contributed by atoms with E-state index in [2.05, 4.69) is 20.3 Å². The Hall–Kier alpha value is -2.30. The van der Waals surface area contributed by atoms with Gasteiger partial charge in [-0.25, -0.2) is 9.97 Å². The lowest BCUT2D eigenvalue weighted by Gasteiger charge is -2.03. The molecule has 86 valence electrons. The molecule has 1 N–H and O–H groups in total. The highest BCUT2D eigenvalue weighted by Gasteiger charge is 2.06. The highest BCUT2D eigenvalue weighted by atomic mass is 16.2. The zero-order valence-corrected chi connectivity index (χ0v) is 9.42. The molecule has 0 saturated heterocycles. The van der Waals surface area contributed by atoms with Gasteiger partial charge in [-0.3, -0.25) is 9.78 Å². The zero-order chi connectivity index (χ0) is 12.1. The van der Waals surface area contributed by atoms with Gasteiger partial charge in [0, 0.05) is 30.8 Å². The maximum absolute atomic E-state index is 11.6. The lowest BCUT2D eigenvalue weighted by Crippen LogP contribution is -2.24. The quantitative estimate of drug-likeness (QED) is 0.854. The molecule has 5 heteroatoms. The van der Waals surface area contributed by atoms with Crippen LogP contribution in [-0.4, -0.2) is 20.9 Å². The molecule has 0 aliphatic carbocycles. The van der Waals surface area contributed by atoms with Gasteiger partial charge < -0.3 is 5.32 Å². The third-order valence-electron chi connectivity index (χ3n) is 2.19. The molecular weight excluding hydrogens is 216 g/mol. The molecule has 0 saturated carbocycles. The highest BCUT2D eigenvalue weighted by molar-refractivity contribution is 5.90. The van der Waals surface area contributed by atoms with Crippen LogP contribution in [0.3, 0.4) is 0 Å². The van der Waals surface area contributed by atoms with Crippen molar-refractivity contribution < 1.29 is 4.79 Å². The highest BCUT2D eigenvalue weighted by Crippen LogP contribution is 1.99. The normalized spacial score (nSPS) is 9.94. The van der Waals surface area contributed by atoms with E-state index < -0.39 is 0 Å². The van der Waals surface area contributed by atoms with Crippen LogP contribution in [0.1, 0.15) is 21.9 Å². The van der Waals surface area contributed by atoms with Gasteiger partial charge in [0.05, 0.1) is 0 Å². The minimum Gasteiger partial charge on any atom is -0.345 e. The van der Waals surface area contributed by atoms with Gasteiger partial charge in [0.25, 0.3) is 5.91 Å². The van der Waals surface area contributed by atoms with Crippen molar-refractivity contribution >= 4 is 5.91 Å². The van der Waals surface area contributed by atoms with Crippen LogP contribution in [0.25, 0.3) is 0 Å². The van der Waals surface area contributed by atoms with E-state index in [9.17, 15) is 4.79 Å². The van der Waals surface area contributed by atoms with Crippen LogP contribution in [0, 0.1) is 6.92 Å². The number of hydrogen-bond donors (Lipinski definition) is 1. The fourth-order valence-electron chi connectivity index (χ4n) is 1.28. The van der Waals surface area contributed by atoms with Gasteiger partial charge in [-0.1, -0.05) is 6.07 Å². The Morgan fingerprint density at radius 3 is 2.65 bits per heavy atom. The Kier molecular flexibility index (Phi) is 3.40. The Balaban J connectivity index is 1.95. The van der Waals surface area contributed by atoms with E-state index in [0.29, 0.717) is 6.54 Å². The third kappa shape index (κ3) is 3.07. The van der Waals surface area contributed by atoms with Gasteiger partial charge >= 0.3 is 0 Å². The summed E-state index contributed by atoms with van der Waals surface area (Å²) in [4.78, 5) is 23.5. The second kappa shape index (κ2) is 5.16. The molecule has 17 heavy (non-hydrogen) atoms. The van der Waals surface area contributed by atoms with E-state index in [1.165, 1.54) is 12.4 Å². The van der Waals surface area contributed by atoms with Crippen LogP contribution in [0.15, 0.2) is 36.8 Å². The molecule has 0 aromatic carbocycles. The molecule has 2 heterocycles. The van der Waals surface area contributed by atoms with Crippen LogP contribution in [-0.2, 0) is 6.54 Å². The van der Waals surface area contributed by atoms with E-state index in [1.54, 1.807) is 12.3 Å². The Morgan fingerprint density at radius 2 is 2.00 bits per heavy atom. The minimum atomic E-state index is -0.286. The first kappa shape index (κ1) is 11.2. The standard InChI is InChI=1S/C12H12N4O/c1-9-3-4-10(7-15-9)8-16-12(17)11-13-5-2-6-14-11/h2-7H,8H2,1H3,(H,16,17). The van der Waals surface area contributed by atoms with Gasteiger partial charge in [-0.05, 0) is 24.6 Å². The number of nitrogens with one attached hydrogen (secondary N) is 1. The number of rotatable bonds is 3. The Bertz CT molecular complexity index is 496. The molecule has 2 aromatic heterocycles. The smallest absolute Gasteiger partial charge is 0.289 e. The summed E-state index contributed by atoms with van der Waals surface area (Å²) in [5.74, 6) is -0.112. The maximum Gasteiger partial charge on any atom is 0.289 e. The number of carbonyl (C=O) groups is 1. The number of carbonyl (C=O) groups excluding carboxylic acids is 1. The van der Waals surface area contributed by atoms with Gasteiger partial charge in [0.2, 0.25) is 5.82 Å². The van der Waals surface area contributed by atoms with E-state index >= 15 is 0 Å². The van der Waals surface area contributed by atoms with Crippen LogP contribution in [0.4, 0.5) is 0 Å². The van der Waals surface area contributed by atoms with Gasteiger partial charge in [-0.15, -0.1) is 0 Å². The van der Waals surface area contributed by atoms with Crippen molar-refractivity contribution in [3.8, 4) is 0 Å². The van der Waals surface area contributed by atoms with Gasteiger partial charge in [0.15, 0.2) is 0 Å². The predicted octanol–water partition coefficient (Wildman–Crippen LogP) is 1.11. The summed E-state index contributed by atoms with van der Waals surface area (Å²) in [6.07, 6.45) is 4.81. The molecule has 0 aliphatic rings. The molecular formula is C12H12N4O. The second-order valence-electron chi connectivity index (χ2n) is 3.56. The molecule has 0 fully saturated rings. The molecule has 2 aromatic rings. The fourth-order valence-corrected chi connectivity index (χ4v) is 1.28. The second-order valence-corrected chi connectivity index (χ2v) is 3.56. The molecule has 1 amide bonds. The molecule has 0 bridgehead atoms. The van der Waals surface area contributed by atoms with Crippen molar-refractivity contribution in [3.63, 3.8) is 0 Å². The topological polar surface area (TPSA) is 67.8 Å². The fraction of sp³-hybridized carbons (Fsp3) is 0.167. The summed E-state index contributed by atoms with van der Waals surface area (Å²) < 4.78 is 0. The molecule has 0 unspecified atom stereocenters. The van der Waals surface area contributed by atoms with E-state index in [4.69, 9.17) is 0 Å². The SMILES string of the molecule is Cc1ccc(CNC(=O)c2ncccn2)cn1. The van der Waals surface area contributed by atoms with Crippen molar-refractivity contribution in [2.45, 2.75) is 13.5 Å². The number of hydrogen-bond acceptors (Lipinski definition) is 4. The number of aryl methyl sites for hydroxylation is 1. The molecule has 0 aliphatic heterocycles. The van der Waals surface area contributed by atoms with Crippen LogP contribution < -0.4 is 5.32 Å². The van der Waals surface area contributed by atoms with E-state index in [1.807, 2.05) is 19.1 Å². The van der Waals surface area contributed by atoms with Crippen molar-refractivity contribution in [1.29, 1.82) is 0 Å². The Labute approximate surface area is 99.0 Å². The largest absolute Gasteiger partial charge is 0.345 e. The summed E-state index contributed by atoms with van der Waals surface area (Å²) in [6, 6.07) is 5.50. The molecule has 0 spiro atoms. The number of pyridine rings is 1. The molecule has 2 rings (SSSR count). The summed E-state index contributed by atoms with van der Waals surface area (Å²) in [5, 5.41) is 2.73. The van der Waals surface area contributed by atoms with Gasteiger partial charge in [0.1, 0.15) is 0 Å². The van der Waals surface area contributed by atoms with E-state index in [-0.39, 0.29) is 11.7 Å². The zero-order valence-electron chi connectivity index (χ0n) is 9.42. The summed E-state index contributed by atoms with van der Waals surface area (Å²) in [7, 11) is 0.